The summed E-state index contributed by atoms with van der Waals surface area (Å²) >= 11 is 0. The number of carbonyl (C=O) groups is 2. The second-order valence-corrected chi connectivity index (χ2v) is 3.82. The first kappa shape index (κ1) is 10.7. The molecule has 16 heavy (non-hydrogen) atoms. The standard InChI is InChI=1S/C10H14N4O2/c1-3-8-10(16)14(6-9(15)12-8)7-4-11-13(2)5-7/h4-5,8H,3,6H2,1-2H3,(H,12,15). The van der Waals surface area contributed by atoms with Gasteiger partial charge in [-0.05, 0) is 6.42 Å². The molecule has 1 unspecified atom stereocenters. The second-order valence-electron chi connectivity index (χ2n) is 3.82. The molecule has 1 atom stereocenters. The Morgan fingerprint density at radius 1 is 1.56 bits per heavy atom. The van der Waals surface area contributed by atoms with Crippen LogP contribution in [0.15, 0.2) is 12.4 Å². The number of anilines is 1. The van der Waals surface area contributed by atoms with Crippen LogP contribution < -0.4 is 10.2 Å². The smallest absolute Gasteiger partial charge is 0.250 e. The van der Waals surface area contributed by atoms with E-state index < -0.39 is 6.04 Å². The van der Waals surface area contributed by atoms with Crippen molar-refractivity contribution in [2.75, 3.05) is 11.4 Å². The fraction of sp³-hybridized carbons (Fsp3) is 0.500. The third kappa shape index (κ3) is 1.78. The molecule has 86 valence electrons. The molecule has 2 rings (SSSR count). The van der Waals surface area contributed by atoms with Gasteiger partial charge >= 0.3 is 0 Å². The van der Waals surface area contributed by atoms with Gasteiger partial charge in [0, 0.05) is 13.2 Å². The number of piperazine rings is 1. The van der Waals surface area contributed by atoms with E-state index in [1.807, 2.05) is 6.92 Å². The molecule has 0 aliphatic carbocycles. The molecule has 2 heterocycles. The lowest BCUT2D eigenvalue weighted by atomic mass is 10.1. The molecule has 0 aromatic carbocycles. The molecule has 1 aromatic rings. The number of nitrogens with one attached hydrogen (secondary N) is 1. The second kappa shape index (κ2) is 3.96. The van der Waals surface area contributed by atoms with E-state index in [0.717, 1.165) is 0 Å². The molecule has 0 radical (unpaired) electrons. The average Bonchev–Trinajstić information content (AvgIpc) is 2.67. The molecule has 0 saturated carbocycles. The number of carbonyl (C=O) groups excluding carboxylic acids is 2. The molecule has 1 aliphatic heterocycles. The molecule has 6 nitrogen and oxygen atoms in total. The summed E-state index contributed by atoms with van der Waals surface area (Å²) in [5, 5.41) is 6.66. The van der Waals surface area contributed by atoms with Gasteiger partial charge in [0.1, 0.15) is 12.6 Å². The van der Waals surface area contributed by atoms with E-state index in [0.29, 0.717) is 12.1 Å². The number of amides is 2. The summed E-state index contributed by atoms with van der Waals surface area (Å²) in [6.07, 6.45) is 3.91. The maximum atomic E-state index is 12.0. The lowest BCUT2D eigenvalue weighted by Crippen LogP contribution is -2.57. The maximum absolute atomic E-state index is 12.0. The largest absolute Gasteiger partial charge is 0.343 e. The van der Waals surface area contributed by atoms with Gasteiger partial charge < -0.3 is 5.32 Å². The van der Waals surface area contributed by atoms with E-state index in [-0.39, 0.29) is 18.4 Å². The summed E-state index contributed by atoms with van der Waals surface area (Å²) in [6.45, 7) is 1.94. The van der Waals surface area contributed by atoms with E-state index in [9.17, 15) is 9.59 Å². The maximum Gasteiger partial charge on any atom is 0.250 e. The van der Waals surface area contributed by atoms with Crippen molar-refractivity contribution >= 4 is 17.5 Å². The normalized spacial score (nSPS) is 21.1. The first-order chi connectivity index (χ1) is 7.61. The number of aryl methyl sites for hydroxylation is 1. The number of hydrogen-bond donors (Lipinski definition) is 1. The molecule has 0 bridgehead atoms. The molecule has 1 aromatic heterocycles. The number of hydrogen-bond acceptors (Lipinski definition) is 3. The van der Waals surface area contributed by atoms with Gasteiger partial charge in [-0.2, -0.15) is 5.10 Å². The summed E-state index contributed by atoms with van der Waals surface area (Å²) in [7, 11) is 1.77. The van der Waals surface area contributed by atoms with Crippen LogP contribution in [0.3, 0.4) is 0 Å². The van der Waals surface area contributed by atoms with Crippen molar-refractivity contribution in [3.8, 4) is 0 Å². The number of rotatable bonds is 2. The van der Waals surface area contributed by atoms with Gasteiger partial charge in [0.25, 0.3) is 0 Å². The monoisotopic (exact) mass is 222 g/mol. The molecule has 2 amide bonds. The Bertz CT molecular complexity index is 426. The minimum atomic E-state index is -0.415. The van der Waals surface area contributed by atoms with Gasteiger partial charge in [-0.25, -0.2) is 0 Å². The Morgan fingerprint density at radius 3 is 2.88 bits per heavy atom. The van der Waals surface area contributed by atoms with Crippen molar-refractivity contribution < 1.29 is 9.59 Å². The summed E-state index contributed by atoms with van der Waals surface area (Å²) in [5.74, 6) is -0.203. The Labute approximate surface area is 93.2 Å². The predicted molar refractivity (Wildman–Crippen MR) is 57.8 cm³/mol. The molecule has 1 saturated heterocycles. The van der Waals surface area contributed by atoms with Crippen LogP contribution in [0.4, 0.5) is 5.69 Å². The minimum Gasteiger partial charge on any atom is -0.343 e. The first-order valence-electron chi connectivity index (χ1n) is 5.21. The van der Waals surface area contributed by atoms with Crippen LogP contribution in [0.1, 0.15) is 13.3 Å². The van der Waals surface area contributed by atoms with Gasteiger partial charge in [0.2, 0.25) is 11.8 Å². The van der Waals surface area contributed by atoms with Crippen LogP contribution in [0.5, 0.6) is 0 Å². The lowest BCUT2D eigenvalue weighted by Gasteiger charge is -2.30. The lowest BCUT2D eigenvalue weighted by molar-refractivity contribution is -0.131. The van der Waals surface area contributed by atoms with Crippen LogP contribution in [0, 0.1) is 0 Å². The van der Waals surface area contributed by atoms with Crippen molar-refractivity contribution in [2.45, 2.75) is 19.4 Å². The highest BCUT2D eigenvalue weighted by Gasteiger charge is 2.32. The fourth-order valence-corrected chi connectivity index (χ4v) is 1.75. The van der Waals surface area contributed by atoms with Crippen LogP contribution in [0.25, 0.3) is 0 Å². The topological polar surface area (TPSA) is 67.2 Å². The van der Waals surface area contributed by atoms with Crippen LogP contribution >= 0.6 is 0 Å². The molecule has 1 N–H and O–H groups in total. The Kier molecular flexibility index (Phi) is 2.64. The SMILES string of the molecule is CCC1NC(=O)CN(c2cnn(C)c2)C1=O. The highest BCUT2D eigenvalue weighted by Crippen LogP contribution is 2.16. The highest BCUT2D eigenvalue weighted by molar-refractivity contribution is 6.06. The highest BCUT2D eigenvalue weighted by atomic mass is 16.2. The van der Waals surface area contributed by atoms with Crippen molar-refractivity contribution in [3.63, 3.8) is 0 Å². The summed E-state index contributed by atoms with van der Waals surface area (Å²) in [5.41, 5.74) is 0.667. The zero-order valence-electron chi connectivity index (χ0n) is 9.30. The summed E-state index contributed by atoms with van der Waals surface area (Å²) < 4.78 is 1.61. The first-order valence-corrected chi connectivity index (χ1v) is 5.21. The number of aromatic nitrogens is 2. The predicted octanol–water partition coefficient (Wildman–Crippen LogP) is -0.339. The van der Waals surface area contributed by atoms with Gasteiger partial charge in [-0.1, -0.05) is 6.92 Å². The minimum absolute atomic E-state index is 0.0705. The van der Waals surface area contributed by atoms with Gasteiger partial charge in [0.05, 0.1) is 11.9 Å². The third-order valence-corrected chi connectivity index (χ3v) is 2.61. The molecular weight excluding hydrogens is 208 g/mol. The third-order valence-electron chi connectivity index (χ3n) is 2.61. The van der Waals surface area contributed by atoms with Gasteiger partial charge in [0.15, 0.2) is 0 Å². The molecule has 0 spiro atoms. The fourth-order valence-electron chi connectivity index (χ4n) is 1.75. The summed E-state index contributed by atoms with van der Waals surface area (Å²) in [6, 6.07) is -0.415. The quantitative estimate of drug-likeness (QED) is 0.744. The van der Waals surface area contributed by atoms with Crippen molar-refractivity contribution in [3.05, 3.63) is 12.4 Å². The van der Waals surface area contributed by atoms with E-state index >= 15 is 0 Å². The van der Waals surface area contributed by atoms with Crippen LogP contribution in [-0.2, 0) is 16.6 Å². The van der Waals surface area contributed by atoms with E-state index in [1.165, 1.54) is 4.90 Å². The Morgan fingerprint density at radius 2 is 2.31 bits per heavy atom. The van der Waals surface area contributed by atoms with Crippen molar-refractivity contribution in [2.24, 2.45) is 7.05 Å². The zero-order chi connectivity index (χ0) is 11.7. The zero-order valence-corrected chi connectivity index (χ0v) is 9.30. The van der Waals surface area contributed by atoms with Gasteiger partial charge in [-0.15, -0.1) is 0 Å². The number of nitrogens with zero attached hydrogens (tertiary/aromatic N) is 3. The summed E-state index contributed by atoms with van der Waals surface area (Å²) in [4.78, 5) is 24.9. The van der Waals surface area contributed by atoms with E-state index in [1.54, 1.807) is 24.1 Å². The van der Waals surface area contributed by atoms with Crippen molar-refractivity contribution in [1.29, 1.82) is 0 Å². The van der Waals surface area contributed by atoms with E-state index in [4.69, 9.17) is 0 Å². The van der Waals surface area contributed by atoms with Crippen LogP contribution in [0.2, 0.25) is 0 Å². The van der Waals surface area contributed by atoms with E-state index in [2.05, 4.69) is 10.4 Å². The van der Waals surface area contributed by atoms with Crippen molar-refractivity contribution in [1.82, 2.24) is 15.1 Å². The Balaban J connectivity index is 2.26. The molecule has 1 fully saturated rings. The van der Waals surface area contributed by atoms with Crippen LogP contribution in [-0.4, -0.2) is 34.2 Å². The average molecular weight is 222 g/mol. The van der Waals surface area contributed by atoms with Gasteiger partial charge in [-0.3, -0.25) is 19.2 Å². The molecular formula is C10H14N4O2. The molecule has 1 aliphatic rings. The molecule has 6 heteroatoms. The Hall–Kier alpha value is -1.85.